The maximum atomic E-state index is 5.94. The Kier molecular flexibility index (Phi) is 4.56. The van der Waals surface area contributed by atoms with Gasteiger partial charge >= 0.3 is 0 Å². The van der Waals surface area contributed by atoms with E-state index in [-0.39, 0.29) is 0 Å². The van der Waals surface area contributed by atoms with Gasteiger partial charge in [0.05, 0.1) is 11.6 Å². The molecule has 0 aliphatic carbocycles. The third-order valence-electron chi connectivity index (χ3n) is 2.11. The van der Waals surface area contributed by atoms with E-state index in [1.165, 1.54) is 0 Å². The fraction of sp³-hybridized carbons (Fsp3) is 0.455. The fourth-order valence-corrected chi connectivity index (χ4v) is 1.27. The minimum absolute atomic E-state index is 0.532. The van der Waals surface area contributed by atoms with Gasteiger partial charge in [-0.05, 0) is 18.1 Å². The smallest absolute Gasteiger partial charge is 0.139 e. The summed E-state index contributed by atoms with van der Waals surface area (Å²) in [5, 5.41) is 1.26. The molecule has 0 aromatic heterocycles. The molecule has 0 spiro atoms. The van der Waals surface area contributed by atoms with Gasteiger partial charge in [-0.3, -0.25) is 0 Å². The molecular weight excluding hydrogens is 219 g/mol. The van der Waals surface area contributed by atoms with Crippen LogP contribution < -0.4 is 4.74 Å². The summed E-state index contributed by atoms with van der Waals surface area (Å²) in [6.07, 6.45) is 1.10. The summed E-state index contributed by atoms with van der Waals surface area (Å²) in [4.78, 5) is 0. The van der Waals surface area contributed by atoms with E-state index in [4.69, 9.17) is 27.9 Å². The average molecular weight is 233 g/mol. The van der Waals surface area contributed by atoms with Crippen LogP contribution >= 0.6 is 23.2 Å². The lowest BCUT2D eigenvalue weighted by molar-refractivity contribution is 0.257. The summed E-state index contributed by atoms with van der Waals surface area (Å²) in [5.41, 5.74) is 0. The number of halogens is 2. The summed E-state index contributed by atoms with van der Waals surface area (Å²) < 4.78 is 5.55. The fourth-order valence-electron chi connectivity index (χ4n) is 0.938. The van der Waals surface area contributed by atoms with E-state index in [1.807, 2.05) is 0 Å². The zero-order valence-corrected chi connectivity index (χ0v) is 9.90. The first kappa shape index (κ1) is 11.7. The van der Waals surface area contributed by atoms with Crippen LogP contribution in [0.25, 0.3) is 0 Å². The second kappa shape index (κ2) is 5.47. The van der Waals surface area contributed by atoms with Gasteiger partial charge in [-0.2, -0.15) is 0 Å². The third-order valence-corrected chi connectivity index (χ3v) is 2.66. The number of ether oxygens (including phenoxy) is 1. The second-order valence-electron chi connectivity index (χ2n) is 3.40. The number of hydrogen-bond donors (Lipinski definition) is 0. The number of hydrogen-bond acceptors (Lipinski definition) is 1. The Bertz CT molecular complexity index is 299. The summed E-state index contributed by atoms with van der Waals surface area (Å²) in [6.45, 7) is 4.95. The molecule has 0 aliphatic heterocycles. The van der Waals surface area contributed by atoms with Crippen LogP contribution in [0.2, 0.25) is 10.0 Å². The van der Waals surface area contributed by atoms with Gasteiger partial charge in [0.25, 0.3) is 0 Å². The molecule has 0 saturated heterocycles. The van der Waals surface area contributed by atoms with E-state index in [2.05, 4.69) is 13.8 Å². The Labute approximate surface area is 95.0 Å². The standard InChI is InChI=1S/C11H14Cl2O/c1-3-8(2)7-14-11-6-9(12)4-5-10(11)13/h4-6,8H,3,7H2,1-2H3. The molecule has 0 fully saturated rings. The van der Waals surface area contributed by atoms with Crippen LogP contribution in [-0.2, 0) is 0 Å². The molecule has 1 nitrogen and oxygen atoms in total. The Morgan fingerprint density at radius 1 is 1.36 bits per heavy atom. The molecule has 0 aliphatic rings. The largest absolute Gasteiger partial charge is 0.492 e. The maximum absolute atomic E-state index is 5.94. The summed E-state index contributed by atoms with van der Waals surface area (Å²) in [6, 6.07) is 5.24. The van der Waals surface area contributed by atoms with Crippen LogP contribution in [0.1, 0.15) is 20.3 Å². The molecule has 0 bridgehead atoms. The zero-order valence-electron chi connectivity index (χ0n) is 8.39. The highest BCUT2D eigenvalue weighted by atomic mass is 35.5. The molecule has 0 saturated carbocycles. The van der Waals surface area contributed by atoms with Gasteiger partial charge in [-0.1, -0.05) is 43.5 Å². The molecule has 1 unspecified atom stereocenters. The monoisotopic (exact) mass is 232 g/mol. The molecule has 0 heterocycles. The molecule has 3 heteroatoms. The summed E-state index contributed by atoms with van der Waals surface area (Å²) >= 11 is 11.8. The van der Waals surface area contributed by atoms with E-state index in [9.17, 15) is 0 Å². The van der Waals surface area contributed by atoms with Crippen LogP contribution in [0.5, 0.6) is 5.75 Å². The predicted octanol–water partition coefficient (Wildman–Crippen LogP) is 4.42. The zero-order chi connectivity index (χ0) is 10.6. The van der Waals surface area contributed by atoms with Crippen molar-refractivity contribution >= 4 is 23.2 Å². The highest BCUT2D eigenvalue weighted by molar-refractivity contribution is 6.34. The molecular formula is C11H14Cl2O. The molecule has 0 amide bonds. The van der Waals surface area contributed by atoms with Crippen molar-refractivity contribution in [2.45, 2.75) is 20.3 Å². The third kappa shape index (κ3) is 3.39. The Balaban J connectivity index is 2.62. The van der Waals surface area contributed by atoms with Crippen molar-refractivity contribution in [3.8, 4) is 5.75 Å². The first-order chi connectivity index (χ1) is 6.63. The lowest BCUT2D eigenvalue weighted by Gasteiger charge is -2.12. The molecule has 1 atom stereocenters. The Morgan fingerprint density at radius 3 is 2.71 bits per heavy atom. The van der Waals surface area contributed by atoms with Gasteiger partial charge in [0, 0.05) is 11.1 Å². The molecule has 1 aromatic rings. The van der Waals surface area contributed by atoms with Gasteiger partial charge in [0.1, 0.15) is 5.75 Å². The van der Waals surface area contributed by atoms with E-state index in [0.29, 0.717) is 28.3 Å². The lowest BCUT2D eigenvalue weighted by Crippen LogP contribution is -2.07. The van der Waals surface area contributed by atoms with Crippen molar-refractivity contribution in [1.82, 2.24) is 0 Å². The Hall–Kier alpha value is -0.400. The van der Waals surface area contributed by atoms with E-state index < -0.39 is 0 Å². The van der Waals surface area contributed by atoms with Crippen LogP contribution in [0, 0.1) is 5.92 Å². The van der Waals surface area contributed by atoms with Crippen molar-refractivity contribution in [1.29, 1.82) is 0 Å². The quantitative estimate of drug-likeness (QED) is 0.747. The first-order valence-corrected chi connectivity index (χ1v) is 5.47. The molecule has 0 radical (unpaired) electrons. The normalized spacial score (nSPS) is 12.6. The van der Waals surface area contributed by atoms with Gasteiger partial charge in [-0.15, -0.1) is 0 Å². The second-order valence-corrected chi connectivity index (χ2v) is 4.24. The summed E-state index contributed by atoms with van der Waals surface area (Å²) in [5.74, 6) is 1.20. The molecule has 0 N–H and O–H groups in total. The summed E-state index contributed by atoms with van der Waals surface area (Å²) in [7, 11) is 0. The molecule has 1 aromatic carbocycles. The number of rotatable bonds is 4. The minimum atomic E-state index is 0.532. The minimum Gasteiger partial charge on any atom is -0.492 e. The van der Waals surface area contributed by atoms with Crippen LogP contribution in [0.4, 0.5) is 0 Å². The van der Waals surface area contributed by atoms with Gasteiger partial charge in [-0.25, -0.2) is 0 Å². The molecule has 78 valence electrons. The van der Waals surface area contributed by atoms with Crippen molar-refractivity contribution < 1.29 is 4.74 Å². The topological polar surface area (TPSA) is 9.23 Å². The van der Waals surface area contributed by atoms with Crippen molar-refractivity contribution in [2.75, 3.05) is 6.61 Å². The molecule has 1 rings (SSSR count). The highest BCUT2D eigenvalue weighted by Crippen LogP contribution is 2.28. The van der Waals surface area contributed by atoms with Crippen LogP contribution in [0.15, 0.2) is 18.2 Å². The maximum Gasteiger partial charge on any atom is 0.139 e. The van der Waals surface area contributed by atoms with Crippen LogP contribution in [-0.4, -0.2) is 6.61 Å². The van der Waals surface area contributed by atoms with Crippen molar-refractivity contribution in [3.05, 3.63) is 28.2 Å². The SMILES string of the molecule is CCC(C)COc1cc(Cl)ccc1Cl. The van der Waals surface area contributed by atoms with E-state index in [0.717, 1.165) is 6.42 Å². The van der Waals surface area contributed by atoms with Crippen molar-refractivity contribution in [2.24, 2.45) is 5.92 Å². The highest BCUT2D eigenvalue weighted by Gasteiger charge is 2.04. The van der Waals surface area contributed by atoms with Crippen molar-refractivity contribution in [3.63, 3.8) is 0 Å². The lowest BCUT2D eigenvalue weighted by atomic mass is 10.1. The number of benzene rings is 1. The van der Waals surface area contributed by atoms with E-state index >= 15 is 0 Å². The van der Waals surface area contributed by atoms with Crippen LogP contribution in [0.3, 0.4) is 0 Å². The van der Waals surface area contributed by atoms with E-state index in [1.54, 1.807) is 18.2 Å². The predicted molar refractivity (Wildman–Crippen MR) is 61.4 cm³/mol. The molecule has 14 heavy (non-hydrogen) atoms. The first-order valence-electron chi connectivity index (χ1n) is 4.71. The van der Waals surface area contributed by atoms with Gasteiger partial charge in [0.15, 0.2) is 0 Å². The van der Waals surface area contributed by atoms with Gasteiger partial charge in [0.2, 0.25) is 0 Å². The van der Waals surface area contributed by atoms with Gasteiger partial charge < -0.3 is 4.74 Å². The average Bonchev–Trinajstić information content (AvgIpc) is 2.19. The Morgan fingerprint density at radius 2 is 2.07 bits per heavy atom.